The lowest BCUT2D eigenvalue weighted by Gasteiger charge is -2.19. The number of alkyl halides is 3. The van der Waals surface area contributed by atoms with Crippen molar-refractivity contribution in [2.24, 2.45) is 5.73 Å². The molecule has 1 rings (SSSR count). The van der Waals surface area contributed by atoms with E-state index >= 15 is 0 Å². The summed E-state index contributed by atoms with van der Waals surface area (Å²) in [6.07, 6.45) is -6.49. The molecule has 1 atom stereocenters. The molecule has 90 valence electrons. The predicted octanol–water partition coefficient (Wildman–Crippen LogP) is 2.61. The summed E-state index contributed by atoms with van der Waals surface area (Å²) in [6.45, 7) is 0.637. The second-order valence-electron chi connectivity index (χ2n) is 3.22. The van der Waals surface area contributed by atoms with Crippen LogP contribution in [0.2, 0.25) is 0 Å². The largest absolute Gasteiger partial charge is 0.481 e. The van der Waals surface area contributed by atoms with Crippen LogP contribution in [-0.4, -0.2) is 12.3 Å². The zero-order chi connectivity index (χ0) is 12.3. The zero-order valence-electron chi connectivity index (χ0n) is 8.51. The van der Waals surface area contributed by atoms with Crippen molar-refractivity contribution in [1.82, 2.24) is 0 Å². The molecule has 0 fully saturated rings. The molecule has 0 bridgehead atoms. The maximum Gasteiger partial charge on any atom is 0.425 e. The van der Waals surface area contributed by atoms with Crippen molar-refractivity contribution in [3.05, 3.63) is 29.6 Å². The van der Waals surface area contributed by atoms with Gasteiger partial charge in [0, 0.05) is 12.1 Å². The summed E-state index contributed by atoms with van der Waals surface area (Å²) in [5.74, 6) is -0.846. The first kappa shape index (κ1) is 12.8. The third kappa shape index (κ3) is 2.85. The van der Waals surface area contributed by atoms with Gasteiger partial charge < -0.3 is 10.5 Å². The van der Waals surface area contributed by atoms with Gasteiger partial charge in [0.2, 0.25) is 0 Å². The maximum atomic E-state index is 13.2. The molecule has 0 radical (unpaired) electrons. The number of benzene rings is 1. The summed E-state index contributed by atoms with van der Waals surface area (Å²) < 4.78 is 54.5. The third-order valence-electron chi connectivity index (χ3n) is 2.04. The molecule has 6 heteroatoms. The van der Waals surface area contributed by atoms with Gasteiger partial charge in [-0.2, -0.15) is 13.2 Å². The van der Waals surface area contributed by atoms with E-state index in [-0.39, 0.29) is 17.9 Å². The van der Waals surface area contributed by atoms with Crippen LogP contribution in [0.4, 0.5) is 17.6 Å². The number of hydrogen-bond acceptors (Lipinski definition) is 2. The topological polar surface area (TPSA) is 35.2 Å². The Morgan fingerprint density at radius 2 is 2.00 bits per heavy atom. The fraction of sp³-hybridized carbons (Fsp3) is 0.400. The van der Waals surface area contributed by atoms with Gasteiger partial charge in [0.15, 0.2) is 6.10 Å². The fourth-order valence-corrected chi connectivity index (χ4v) is 1.10. The SMILES string of the molecule is CC(Oc1cccc(F)c1CN)C(F)(F)F. The summed E-state index contributed by atoms with van der Waals surface area (Å²) in [5.41, 5.74) is 5.18. The monoisotopic (exact) mass is 237 g/mol. The lowest BCUT2D eigenvalue weighted by molar-refractivity contribution is -0.189. The molecule has 0 aliphatic rings. The average molecular weight is 237 g/mol. The normalized spacial score (nSPS) is 13.6. The highest BCUT2D eigenvalue weighted by molar-refractivity contribution is 5.34. The van der Waals surface area contributed by atoms with Crippen molar-refractivity contribution in [2.45, 2.75) is 25.7 Å². The Morgan fingerprint density at radius 1 is 1.38 bits per heavy atom. The van der Waals surface area contributed by atoms with Gasteiger partial charge in [-0.3, -0.25) is 0 Å². The van der Waals surface area contributed by atoms with Crippen molar-refractivity contribution in [1.29, 1.82) is 0 Å². The standard InChI is InChI=1S/C10H11F4NO/c1-6(10(12,13)14)16-9-4-2-3-8(11)7(9)5-15/h2-4,6H,5,15H2,1H3. The van der Waals surface area contributed by atoms with Gasteiger partial charge in [0.1, 0.15) is 11.6 Å². The number of halogens is 4. The summed E-state index contributed by atoms with van der Waals surface area (Å²) in [4.78, 5) is 0. The second-order valence-corrected chi connectivity index (χ2v) is 3.22. The van der Waals surface area contributed by atoms with Crippen LogP contribution in [-0.2, 0) is 6.54 Å². The maximum absolute atomic E-state index is 13.2. The van der Waals surface area contributed by atoms with E-state index in [0.717, 1.165) is 13.0 Å². The van der Waals surface area contributed by atoms with Crippen LogP contribution in [0.1, 0.15) is 12.5 Å². The molecule has 1 aromatic carbocycles. The van der Waals surface area contributed by atoms with Gasteiger partial charge in [-0.1, -0.05) is 6.07 Å². The molecular formula is C10H11F4NO. The van der Waals surface area contributed by atoms with Crippen molar-refractivity contribution < 1.29 is 22.3 Å². The Bertz CT molecular complexity index is 364. The van der Waals surface area contributed by atoms with Gasteiger partial charge in [-0.15, -0.1) is 0 Å². The smallest absolute Gasteiger partial charge is 0.425 e. The molecule has 2 N–H and O–H groups in total. The Hall–Kier alpha value is -1.30. The number of rotatable bonds is 3. The molecule has 16 heavy (non-hydrogen) atoms. The van der Waals surface area contributed by atoms with Gasteiger partial charge in [0.05, 0.1) is 0 Å². The van der Waals surface area contributed by atoms with Crippen LogP contribution in [0.15, 0.2) is 18.2 Å². The van der Waals surface area contributed by atoms with Crippen LogP contribution >= 0.6 is 0 Å². The Labute approximate surface area is 90.0 Å². The third-order valence-corrected chi connectivity index (χ3v) is 2.04. The fourth-order valence-electron chi connectivity index (χ4n) is 1.10. The van der Waals surface area contributed by atoms with Crippen molar-refractivity contribution >= 4 is 0 Å². The van der Waals surface area contributed by atoms with Gasteiger partial charge >= 0.3 is 6.18 Å². The van der Waals surface area contributed by atoms with E-state index in [0.29, 0.717) is 0 Å². The molecule has 0 aromatic heterocycles. The molecule has 2 nitrogen and oxygen atoms in total. The molecule has 0 amide bonds. The van der Waals surface area contributed by atoms with Gasteiger partial charge in [0.25, 0.3) is 0 Å². The van der Waals surface area contributed by atoms with Crippen LogP contribution in [0.25, 0.3) is 0 Å². The van der Waals surface area contributed by atoms with Crippen LogP contribution in [0, 0.1) is 5.82 Å². The number of hydrogen-bond donors (Lipinski definition) is 1. The highest BCUT2D eigenvalue weighted by Crippen LogP contribution is 2.28. The van der Waals surface area contributed by atoms with Crippen molar-refractivity contribution in [3.8, 4) is 5.75 Å². The predicted molar refractivity (Wildman–Crippen MR) is 50.4 cm³/mol. The molecule has 0 heterocycles. The van der Waals surface area contributed by atoms with E-state index in [1.54, 1.807) is 0 Å². The second kappa shape index (κ2) is 4.69. The average Bonchev–Trinajstić information content (AvgIpc) is 2.16. The number of nitrogens with two attached hydrogens (primary N) is 1. The molecule has 0 spiro atoms. The Morgan fingerprint density at radius 3 is 2.50 bits per heavy atom. The first-order valence-corrected chi connectivity index (χ1v) is 4.57. The molecule has 0 aliphatic heterocycles. The molecular weight excluding hydrogens is 226 g/mol. The van der Waals surface area contributed by atoms with Crippen LogP contribution in [0.5, 0.6) is 5.75 Å². The first-order chi connectivity index (χ1) is 7.36. The first-order valence-electron chi connectivity index (χ1n) is 4.57. The van der Waals surface area contributed by atoms with E-state index in [2.05, 4.69) is 4.74 Å². The van der Waals surface area contributed by atoms with E-state index in [1.807, 2.05) is 0 Å². The minimum atomic E-state index is -4.49. The lowest BCUT2D eigenvalue weighted by atomic mass is 10.2. The molecule has 0 saturated carbocycles. The Balaban J connectivity index is 2.93. The van der Waals surface area contributed by atoms with E-state index in [4.69, 9.17) is 5.73 Å². The van der Waals surface area contributed by atoms with Crippen LogP contribution < -0.4 is 10.5 Å². The number of ether oxygens (including phenoxy) is 1. The van der Waals surface area contributed by atoms with Crippen molar-refractivity contribution in [3.63, 3.8) is 0 Å². The molecule has 1 aromatic rings. The van der Waals surface area contributed by atoms with Crippen molar-refractivity contribution in [2.75, 3.05) is 0 Å². The summed E-state index contributed by atoms with van der Waals surface area (Å²) in [7, 11) is 0. The minimum Gasteiger partial charge on any atom is -0.481 e. The molecule has 1 unspecified atom stereocenters. The van der Waals surface area contributed by atoms with E-state index < -0.39 is 18.1 Å². The molecule has 0 saturated heterocycles. The highest BCUT2D eigenvalue weighted by atomic mass is 19.4. The summed E-state index contributed by atoms with van der Waals surface area (Å²) in [6, 6.07) is 3.65. The van der Waals surface area contributed by atoms with Gasteiger partial charge in [-0.25, -0.2) is 4.39 Å². The quantitative estimate of drug-likeness (QED) is 0.820. The summed E-state index contributed by atoms with van der Waals surface area (Å²) in [5, 5.41) is 0. The highest BCUT2D eigenvalue weighted by Gasteiger charge is 2.38. The van der Waals surface area contributed by atoms with Gasteiger partial charge in [-0.05, 0) is 19.1 Å². The summed E-state index contributed by atoms with van der Waals surface area (Å²) >= 11 is 0. The van der Waals surface area contributed by atoms with E-state index in [1.165, 1.54) is 12.1 Å². The van der Waals surface area contributed by atoms with E-state index in [9.17, 15) is 17.6 Å². The van der Waals surface area contributed by atoms with Crippen LogP contribution in [0.3, 0.4) is 0 Å². The minimum absolute atomic E-state index is 0.0569. The molecule has 0 aliphatic carbocycles. The lowest BCUT2D eigenvalue weighted by Crippen LogP contribution is -2.31. The Kier molecular flexibility index (Phi) is 3.74. The zero-order valence-corrected chi connectivity index (χ0v) is 8.51.